The van der Waals surface area contributed by atoms with Gasteiger partial charge in [0, 0.05) is 29.9 Å². The number of aryl methyl sites for hydroxylation is 1. The summed E-state index contributed by atoms with van der Waals surface area (Å²) in [6.45, 7) is 2.80. The Kier molecular flexibility index (Phi) is 5.28. The number of carbonyl (C=O) groups is 1. The molecule has 1 aliphatic carbocycles. The lowest BCUT2D eigenvalue weighted by Crippen LogP contribution is -2.31. The minimum Gasteiger partial charge on any atom is -0.454 e. The number of nitrogens with zero attached hydrogens (tertiary/aromatic N) is 3. The Bertz CT molecular complexity index is 1070. The first-order valence-electron chi connectivity index (χ1n) is 10.6. The number of hydrogen-bond acceptors (Lipinski definition) is 7. The maximum absolute atomic E-state index is 12.5. The number of pyridine rings is 1. The molecule has 0 spiro atoms. The SMILES string of the molecule is Cc1ccc(-c2nnc(C3CCC(CNC(=O)c4ccc5c(c4)OCO5)CC3)o2)cn1. The first-order chi connectivity index (χ1) is 15.2. The fourth-order valence-corrected chi connectivity index (χ4v) is 4.10. The Hall–Kier alpha value is -3.42. The molecule has 2 aromatic heterocycles. The van der Waals surface area contributed by atoms with Gasteiger partial charge in [-0.15, -0.1) is 10.2 Å². The molecule has 0 bridgehead atoms. The first-order valence-corrected chi connectivity index (χ1v) is 10.6. The number of carbonyl (C=O) groups excluding carboxylic acids is 1. The van der Waals surface area contributed by atoms with Crippen LogP contribution in [0.1, 0.15) is 53.5 Å². The van der Waals surface area contributed by atoms with Crippen molar-refractivity contribution in [2.45, 2.75) is 38.5 Å². The summed E-state index contributed by atoms with van der Waals surface area (Å²) >= 11 is 0. The van der Waals surface area contributed by atoms with Crippen LogP contribution in [0.15, 0.2) is 40.9 Å². The van der Waals surface area contributed by atoms with Gasteiger partial charge in [-0.05, 0) is 68.9 Å². The Morgan fingerprint density at radius 2 is 1.90 bits per heavy atom. The monoisotopic (exact) mass is 420 g/mol. The number of rotatable bonds is 5. The van der Waals surface area contributed by atoms with Crippen LogP contribution >= 0.6 is 0 Å². The van der Waals surface area contributed by atoms with Crippen LogP contribution in [0.5, 0.6) is 11.5 Å². The highest BCUT2D eigenvalue weighted by atomic mass is 16.7. The van der Waals surface area contributed by atoms with E-state index >= 15 is 0 Å². The number of aromatic nitrogens is 3. The molecule has 1 fully saturated rings. The van der Waals surface area contributed by atoms with Crippen LogP contribution in [0.3, 0.4) is 0 Å². The van der Waals surface area contributed by atoms with E-state index in [0.29, 0.717) is 41.3 Å². The quantitative estimate of drug-likeness (QED) is 0.669. The third-order valence-electron chi connectivity index (χ3n) is 5.98. The van der Waals surface area contributed by atoms with E-state index < -0.39 is 0 Å². The fourth-order valence-electron chi connectivity index (χ4n) is 4.10. The molecule has 0 saturated heterocycles. The molecule has 31 heavy (non-hydrogen) atoms. The van der Waals surface area contributed by atoms with Crippen molar-refractivity contribution in [2.75, 3.05) is 13.3 Å². The summed E-state index contributed by atoms with van der Waals surface area (Å²) in [6, 6.07) is 9.14. The Balaban J connectivity index is 1.12. The summed E-state index contributed by atoms with van der Waals surface area (Å²) < 4.78 is 16.6. The van der Waals surface area contributed by atoms with Gasteiger partial charge in [0.25, 0.3) is 5.91 Å². The van der Waals surface area contributed by atoms with Gasteiger partial charge in [-0.25, -0.2) is 0 Å². The smallest absolute Gasteiger partial charge is 0.251 e. The van der Waals surface area contributed by atoms with Crippen LogP contribution in [0.2, 0.25) is 0 Å². The molecule has 160 valence electrons. The van der Waals surface area contributed by atoms with E-state index in [1.54, 1.807) is 24.4 Å². The average molecular weight is 420 g/mol. The van der Waals surface area contributed by atoms with Gasteiger partial charge < -0.3 is 19.2 Å². The van der Waals surface area contributed by atoms with Crippen LogP contribution in [0, 0.1) is 12.8 Å². The molecular formula is C23H24N4O4. The van der Waals surface area contributed by atoms with Crippen LogP contribution in [-0.4, -0.2) is 34.4 Å². The average Bonchev–Trinajstić information content (AvgIpc) is 3.48. The van der Waals surface area contributed by atoms with Crippen molar-refractivity contribution < 1.29 is 18.7 Å². The van der Waals surface area contributed by atoms with Gasteiger partial charge in [-0.1, -0.05) is 0 Å². The van der Waals surface area contributed by atoms with Gasteiger partial charge >= 0.3 is 0 Å². The van der Waals surface area contributed by atoms with Gasteiger partial charge in [0.05, 0.1) is 5.56 Å². The van der Waals surface area contributed by atoms with E-state index in [2.05, 4.69) is 20.5 Å². The predicted molar refractivity (Wildman–Crippen MR) is 112 cm³/mol. The number of fused-ring (bicyclic) bond motifs is 1. The maximum Gasteiger partial charge on any atom is 0.251 e. The summed E-state index contributed by atoms with van der Waals surface area (Å²) in [5.41, 5.74) is 2.37. The van der Waals surface area contributed by atoms with Crippen LogP contribution < -0.4 is 14.8 Å². The topological polar surface area (TPSA) is 99.4 Å². The van der Waals surface area contributed by atoms with E-state index in [4.69, 9.17) is 13.9 Å². The summed E-state index contributed by atoms with van der Waals surface area (Å²) in [5.74, 6) is 3.12. The van der Waals surface area contributed by atoms with Crippen molar-refractivity contribution >= 4 is 5.91 Å². The molecule has 3 aromatic rings. The van der Waals surface area contributed by atoms with E-state index in [9.17, 15) is 4.79 Å². The summed E-state index contributed by atoms with van der Waals surface area (Å²) in [4.78, 5) is 16.8. The highest BCUT2D eigenvalue weighted by molar-refractivity contribution is 5.94. The van der Waals surface area contributed by atoms with E-state index in [-0.39, 0.29) is 18.6 Å². The minimum absolute atomic E-state index is 0.0892. The normalized spacial score (nSPS) is 19.9. The van der Waals surface area contributed by atoms with Gasteiger partial charge in [0.2, 0.25) is 18.6 Å². The third-order valence-corrected chi connectivity index (χ3v) is 5.98. The molecule has 0 unspecified atom stereocenters. The second-order valence-electron chi connectivity index (χ2n) is 8.13. The number of benzene rings is 1. The maximum atomic E-state index is 12.5. The number of hydrogen-bond donors (Lipinski definition) is 1. The highest BCUT2D eigenvalue weighted by Crippen LogP contribution is 2.36. The van der Waals surface area contributed by atoms with Crippen molar-refractivity contribution in [3.63, 3.8) is 0 Å². The Morgan fingerprint density at radius 3 is 2.71 bits per heavy atom. The fraction of sp³-hybridized carbons (Fsp3) is 0.391. The lowest BCUT2D eigenvalue weighted by molar-refractivity contribution is 0.0942. The van der Waals surface area contributed by atoms with Crippen molar-refractivity contribution in [3.8, 4) is 23.0 Å². The molecule has 3 heterocycles. The Morgan fingerprint density at radius 1 is 1.06 bits per heavy atom. The van der Waals surface area contributed by atoms with Crippen molar-refractivity contribution in [3.05, 3.63) is 53.7 Å². The highest BCUT2D eigenvalue weighted by Gasteiger charge is 2.27. The zero-order chi connectivity index (χ0) is 21.2. The molecule has 0 atom stereocenters. The first kappa shape index (κ1) is 19.5. The molecular weight excluding hydrogens is 396 g/mol. The zero-order valence-corrected chi connectivity index (χ0v) is 17.3. The lowest BCUT2D eigenvalue weighted by Gasteiger charge is -2.26. The number of ether oxygens (including phenoxy) is 2. The largest absolute Gasteiger partial charge is 0.454 e. The van der Waals surface area contributed by atoms with Crippen LogP contribution in [0.4, 0.5) is 0 Å². The second kappa shape index (κ2) is 8.37. The minimum atomic E-state index is -0.0892. The Labute approximate surface area is 180 Å². The zero-order valence-electron chi connectivity index (χ0n) is 17.3. The van der Waals surface area contributed by atoms with Crippen LogP contribution in [-0.2, 0) is 0 Å². The third kappa shape index (κ3) is 4.23. The molecule has 5 rings (SSSR count). The predicted octanol–water partition coefficient (Wildman–Crippen LogP) is 3.87. The standard InChI is InChI=1S/C23H24N4O4/c1-14-2-5-18(12-24-14)23-27-26-22(31-23)16-6-3-15(4-7-16)11-25-21(28)17-8-9-19-20(10-17)30-13-29-19/h2,5,8-10,12,15-16H,3-4,6-7,11,13H2,1H3,(H,25,28). The second-order valence-corrected chi connectivity index (χ2v) is 8.13. The molecule has 8 nitrogen and oxygen atoms in total. The van der Waals surface area contributed by atoms with Crippen molar-refractivity contribution in [1.29, 1.82) is 0 Å². The van der Waals surface area contributed by atoms with Crippen LogP contribution in [0.25, 0.3) is 11.5 Å². The van der Waals surface area contributed by atoms with Gasteiger partial charge in [0.1, 0.15) is 0 Å². The molecule has 1 amide bonds. The number of nitrogens with one attached hydrogen (secondary N) is 1. The molecule has 1 aliphatic heterocycles. The van der Waals surface area contributed by atoms with E-state index in [1.165, 1.54) is 0 Å². The molecule has 8 heteroatoms. The molecule has 1 aromatic carbocycles. The van der Waals surface area contributed by atoms with Gasteiger partial charge in [-0.3, -0.25) is 9.78 Å². The van der Waals surface area contributed by atoms with Crippen molar-refractivity contribution in [2.24, 2.45) is 5.92 Å². The molecule has 1 N–H and O–H groups in total. The molecule has 0 radical (unpaired) electrons. The van der Waals surface area contributed by atoms with E-state index in [0.717, 1.165) is 36.9 Å². The summed E-state index contributed by atoms with van der Waals surface area (Å²) in [5, 5.41) is 11.5. The molecule has 1 saturated carbocycles. The summed E-state index contributed by atoms with van der Waals surface area (Å²) in [6.07, 6.45) is 5.72. The van der Waals surface area contributed by atoms with E-state index in [1.807, 2.05) is 19.1 Å². The van der Waals surface area contributed by atoms with Gasteiger partial charge in [-0.2, -0.15) is 0 Å². The summed E-state index contributed by atoms with van der Waals surface area (Å²) in [7, 11) is 0. The lowest BCUT2D eigenvalue weighted by atomic mass is 9.82. The van der Waals surface area contributed by atoms with Gasteiger partial charge in [0.15, 0.2) is 11.5 Å². The van der Waals surface area contributed by atoms with Crippen molar-refractivity contribution in [1.82, 2.24) is 20.5 Å². The number of amides is 1. The molecule has 2 aliphatic rings.